The Morgan fingerprint density at radius 3 is 1.65 bits per heavy atom. The van der Waals surface area contributed by atoms with Crippen molar-refractivity contribution in [3.05, 3.63) is 102 Å². The molecule has 0 spiro atoms. The molecule has 23 heavy (non-hydrogen) atoms. The summed E-state index contributed by atoms with van der Waals surface area (Å²) in [5.74, 6) is 0.0510. The van der Waals surface area contributed by atoms with Gasteiger partial charge in [-0.25, -0.2) is 0 Å². The smallest absolute Gasteiger partial charge is 0.237 e. The summed E-state index contributed by atoms with van der Waals surface area (Å²) in [4.78, 5) is 14.8. The van der Waals surface area contributed by atoms with Crippen LogP contribution in [0.1, 0.15) is 23.1 Å². The van der Waals surface area contributed by atoms with E-state index < -0.39 is 0 Å². The van der Waals surface area contributed by atoms with Gasteiger partial charge in [0.15, 0.2) is 0 Å². The van der Waals surface area contributed by atoms with Crippen molar-refractivity contribution < 1.29 is 4.79 Å². The molecular formula is C21H17NO. The molecule has 0 unspecified atom stereocenters. The zero-order valence-electron chi connectivity index (χ0n) is 12.7. The van der Waals surface area contributed by atoms with E-state index in [0.717, 1.165) is 11.3 Å². The van der Waals surface area contributed by atoms with Crippen molar-refractivity contribution in [2.24, 2.45) is 0 Å². The van der Waals surface area contributed by atoms with Crippen LogP contribution in [0, 0.1) is 0 Å². The molecule has 0 aromatic heterocycles. The zero-order chi connectivity index (χ0) is 15.6. The van der Waals surface area contributed by atoms with Crippen LogP contribution in [0.3, 0.4) is 0 Å². The Labute approximate surface area is 136 Å². The molecule has 1 aliphatic heterocycles. The van der Waals surface area contributed by atoms with Crippen LogP contribution in [0.5, 0.6) is 0 Å². The molecule has 2 nitrogen and oxygen atoms in total. The average Bonchev–Trinajstić information content (AvgIpc) is 2.62. The maximum absolute atomic E-state index is 12.9. The van der Waals surface area contributed by atoms with Crippen LogP contribution in [0.4, 0.5) is 5.69 Å². The van der Waals surface area contributed by atoms with Gasteiger partial charge in [-0.1, -0.05) is 78.9 Å². The molecule has 1 fully saturated rings. The van der Waals surface area contributed by atoms with Crippen molar-refractivity contribution >= 4 is 11.6 Å². The van der Waals surface area contributed by atoms with Crippen LogP contribution in [-0.4, -0.2) is 5.91 Å². The van der Waals surface area contributed by atoms with Gasteiger partial charge in [-0.2, -0.15) is 0 Å². The Kier molecular flexibility index (Phi) is 3.43. The summed E-state index contributed by atoms with van der Waals surface area (Å²) in [6, 6.07) is 30.3. The van der Waals surface area contributed by atoms with Gasteiger partial charge >= 0.3 is 0 Å². The van der Waals surface area contributed by atoms with E-state index >= 15 is 0 Å². The first-order valence-corrected chi connectivity index (χ1v) is 7.84. The number of carbonyl (C=O) groups excluding carboxylic acids is 1. The fraction of sp³-hybridized carbons (Fsp3) is 0.0952. The largest absolute Gasteiger partial charge is 0.303 e. The molecule has 0 saturated carbocycles. The van der Waals surface area contributed by atoms with Crippen LogP contribution in [0.25, 0.3) is 0 Å². The number of hydrogen-bond donors (Lipinski definition) is 0. The van der Waals surface area contributed by atoms with Gasteiger partial charge < -0.3 is 4.90 Å². The highest BCUT2D eigenvalue weighted by Gasteiger charge is 2.49. The first-order valence-electron chi connectivity index (χ1n) is 7.84. The third-order valence-corrected chi connectivity index (χ3v) is 4.43. The molecule has 1 saturated heterocycles. The molecule has 0 bridgehead atoms. The SMILES string of the molecule is O=C1[C@H](c2ccccc2)[C@H](c2ccccc2)N1c1ccccc1. The molecule has 3 aromatic rings. The van der Waals surface area contributed by atoms with Crippen molar-refractivity contribution in [3.8, 4) is 0 Å². The van der Waals surface area contributed by atoms with Gasteiger partial charge in [0, 0.05) is 5.69 Å². The standard InChI is InChI=1S/C21H17NO/c23-21-19(16-10-4-1-5-11-16)20(17-12-6-2-7-13-17)22(21)18-14-8-3-9-15-18/h1-15,19-20H/t19-,20+/m1/s1. The fourth-order valence-corrected chi connectivity index (χ4v) is 3.34. The molecule has 0 radical (unpaired) electrons. The topological polar surface area (TPSA) is 20.3 Å². The summed E-state index contributed by atoms with van der Waals surface area (Å²) in [5.41, 5.74) is 3.21. The van der Waals surface area contributed by atoms with E-state index in [1.807, 2.05) is 83.8 Å². The summed E-state index contributed by atoms with van der Waals surface area (Å²) in [7, 11) is 0. The van der Waals surface area contributed by atoms with Crippen molar-refractivity contribution in [2.75, 3.05) is 4.90 Å². The molecular weight excluding hydrogens is 282 g/mol. The minimum Gasteiger partial charge on any atom is -0.303 e. The lowest BCUT2D eigenvalue weighted by Gasteiger charge is -2.47. The van der Waals surface area contributed by atoms with Gasteiger partial charge in [0.1, 0.15) is 0 Å². The van der Waals surface area contributed by atoms with Crippen LogP contribution in [-0.2, 0) is 4.79 Å². The second kappa shape index (κ2) is 5.73. The first kappa shape index (κ1) is 13.8. The van der Waals surface area contributed by atoms with E-state index in [2.05, 4.69) is 12.1 Å². The molecule has 112 valence electrons. The van der Waals surface area contributed by atoms with E-state index in [1.54, 1.807) is 0 Å². The Balaban J connectivity index is 1.78. The van der Waals surface area contributed by atoms with Gasteiger partial charge in [0.25, 0.3) is 0 Å². The third-order valence-electron chi connectivity index (χ3n) is 4.43. The summed E-state index contributed by atoms with van der Waals surface area (Å²) >= 11 is 0. The van der Waals surface area contributed by atoms with Crippen LogP contribution < -0.4 is 4.90 Å². The second-order valence-electron chi connectivity index (χ2n) is 5.79. The summed E-state index contributed by atoms with van der Waals surface area (Å²) in [5, 5.41) is 0. The number of benzene rings is 3. The number of carbonyl (C=O) groups is 1. The molecule has 1 aliphatic rings. The number of amides is 1. The number of para-hydroxylation sites is 1. The maximum Gasteiger partial charge on any atom is 0.237 e. The van der Waals surface area contributed by atoms with E-state index in [0.29, 0.717) is 0 Å². The molecule has 3 aromatic carbocycles. The second-order valence-corrected chi connectivity index (χ2v) is 5.79. The van der Waals surface area contributed by atoms with Crippen molar-refractivity contribution in [3.63, 3.8) is 0 Å². The number of anilines is 1. The quantitative estimate of drug-likeness (QED) is 0.649. The Morgan fingerprint density at radius 1 is 0.609 bits per heavy atom. The molecule has 2 heteroatoms. The molecule has 1 heterocycles. The molecule has 0 aliphatic carbocycles. The van der Waals surface area contributed by atoms with Crippen LogP contribution in [0.2, 0.25) is 0 Å². The van der Waals surface area contributed by atoms with Crippen molar-refractivity contribution in [2.45, 2.75) is 12.0 Å². The monoisotopic (exact) mass is 299 g/mol. The van der Waals surface area contributed by atoms with E-state index in [-0.39, 0.29) is 17.9 Å². The van der Waals surface area contributed by atoms with E-state index in [1.165, 1.54) is 5.56 Å². The number of hydrogen-bond acceptors (Lipinski definition) is 1. The Hall–Kier alpha value is -2.87. The normalized spacial score (nSPS) is 20.2. The molecule has 4 rings (SSSR count). The van der Waals surface area contributed by atoms with Crippen molar-refractivity contribution in [1.82, 2.24) is 0 Å². The summed E-state index contributed by atoms with van der Waals surface area (Å²) in [6.45, 7) is 0. The minimum atomic E-state index is -0.112. The lowest BCUT2D eigenvalue weighted by molar-refractivity contribution is -0.126. The Bertz CT molecular complexity index is 750. The number of nitrogens with zero attached hydrogens (tertiary/aromatic N) is 1. The van der Waals surface area contributed by atoms with Crippen molar-refractivity contribution in [1.29, 1.82) is 0 Å². The molecule has 2 atom stereocenters. The predicted molar refractivity (Wildman–Crippen MR) is 92.3 cm³/mol. The predicted octanol–water partition coefficient (Wildman–Crippen LogP) is 4.56. The Morgan fingerprint density at radius 2 is 1.09 bits per heavy atom. The average molecular weight is 299 g/mol. The summed E-state index contributed by atoms with van der Waals surface area (Å²) < 4.78 is 0. The van der Waals surface area contributed by atoms with Gasteiger partial charge in [0.2, 0.25) is 5.91 Å². The highest BCUT2D eigenvalue weighted by Crippen LogP contribution is 2.48. The van der Waals surface area contributed by atoms with Gasteiger partial charge in [-0.05, 0) is 23.3 Å². The number of β-lactam (4-membered cyclic amide) rings is 1. The van der Waals surface area contributed by atoms with E-state index in [4.69, 9.17) is 0 Å². The molecule has 0 N–H and O–H groups in total. The van der Waals surface area contributed by atoms with Gasteiger partial charge in [0.05, 0.1) is 12.0 Å². The zero-order valence-corrected chi connectivity index (χ0v) is 12.7. The minimum absolute atomic E-state index is 0.0495. The highest BCUT2D eigenvalue weighted by molar-refractivity contribution is 6.06. The number of rotatable bonds is 3. The first-order chi connectivity index (χ1) is 11.4. The molecule has 1 amide bonds. The maximum atomic E-state index is 12.9. The lowest BCUT2D eigenvalue weighted by Crippen LogP contribution is -2.53. The highest BCUT2D eigenvalue weighted by atomic mass is 16.2. The van der Waals surface area contributed by atoms with Crippen LogP contribution in [0.15, 0.2) is 91.0 Å². The third kappa shape index (κ3) is 2.33. The van der Waals surface area contributed by atoms with Gasteiger partial charge in [-0.3, -0.25) is 4.79 Å². The fourth-order valence-electron chi connectivity index (χ4n) is 3.34. The van der Waals surface area contributed by atoms with Gasteiger partial charge in [-0.15, -0.1) is 0 Å². The summed E-state index contributed by atoms with van der Waals surface area (Å²) in [6.07, 6.45) is 0. The lowest BCUT2D eigenvalue weighted by atomic mass is 9.77. The van der Waals surface area contributed by atoms with E-state index in [9.17, 15) is 4.79 Å². The van der Waals surface area contributed by atoms with Crippen LogP contribution >= 0.6 is 0 Å².